The van der Waals surface area contributed by atoms with Crippen LogP contribution < -0.4 is 10.6 Å². The molecule has 7 heteroatoms. The number of nitrogens with one attached hydrogen (secondary N) is 2. The number of amides is 2. The number of aryl methyl sites for hydroxylation is 1. The van der Waals surface area contributed by atoms with Gasteiger partial charge in [0, 0.05) is 17.3 Å². The summed E-state index contributed by atoms with van der Waals surface area (Å²) in [6.45, 7) is 1.63. The van der Waals surface area contributed by atoms with E-state index in [0.717, 1.165) is 11.3 Å². The molecule has 0 bridgehead atoms. The molecule has 0 unspecified atom stereocenters. The number of carbonyl (C=O) groups is 2. The van der Waals surface area contributed by atoms with Crippen LogP contribution in [0.2, 0.25) is 0 Å². The molecular weight excluding hydrogens is 320 g/mol. The van der Waals surface area contributed by atoms with Crippen molar-refractivity contribution < 1.29 is 14.1 Å². The smallest absolute Gasteiger partial charge is 0.273 e. The minimum atomic E-state index is -0.488. The summed E-state index contributed by atoms with van der Waals surface area (Å²) in [4.78, 5) is 28.1. The number of nitrogens with zero attached hydrogens (tertiary/aromatic N) is 2. The van der Waals surface area contributed by atoms with Crippen LogP contribution in [0.25, 0.3) is 11.3 Å². The molecule has 126 valence electrons. The minimum Gasteiger partial charge on any atom is -0.355 e. The van der Waals surface area contributed by atoms with E-state index in [4.69, 9.17) is 4.52 Å². The largest absolute Gasteiger partial charge is 0.355 e. The molecule has 2 N–H and O–H groups in total. The lowest BCUT2D eigenvalue weighted by Gasteiger charge is -2.05. The van der Waals surface area contributed by atoms with E-state index in [0.29, 0.717) is 11.6 Å². The molecule has 0 atom stereocenters. The molecule has 0 aliphatic heterocycles. The number of benzene rings is 1. The normalized spacial score (nSPS) is 10.3. The Morgan fingerprint density at radius 2 is 1.88 bits per heavy atom. The fourth-order valence-corrected chi connectivity index (χ4v) is 2.17. The highest BCUT2D eigenvalue weighted by atomic mass is 16.5. The summed E-state index contributed by atoms with van der Waals surface area (Å²) >= 11 is 0. The van der Waals surface area contributed by atoms with Gasteiger partial charge >= 0.3 is 0 Å². The Morgan fingerprint density at radius 3 is 2.64 bits per heavy atom. The van der Waals surface area contributed by atoms with Gasteiger partial charge in [-0.2, -0.15) is 0 Å². The van der Waals surface area contributed by atoms with E-state index in [1.807, 2.05) is 43.3 Å². The first-order valence-corrected chi connectivity index (χ1v) is 7.65. The average Bonchev–Trinajstić information content (AvgIpc) is 3.11. The second kappa shape index (κ2) is 7.39. The third-order valence-electron chi connectivity index (χ3n) is 3.37. The van der Waals surface area contributed by atoms with E-state index in [1.54, 1.807) is 12.1 Å². The average molecular weight is 336 g/mol. The predicted molar refractivity (Wildman–Crippen MR) is 91.9 cm³/mol. The van der Waals surface area contributed by atoms with Crippen LogP contribution in [0.1, 0.15) is 16.2 Å². The fraction of sp³-hybridized carbons (Fsp3) is 0.111. The number of carbonyl (C=O) groups excluding carboxylic acids is 2. The van der Waals surface area contributed by atoms with Crippen LogP contribution in [0.4, 0.5) is 5.82 Å². The highest BCUT2D eigenvalue weighted by Gasteiger charge is 2.14. The summed E-state index contributed by atoms with van der Waals surface area (Å²) in [7, 11) is 0. The molecule has 25 heavy (non-hydrogen) atoms. The topological polar surface area (TPSA) is 97.1 Å². The zero-order valence-corrected chi connectivity index (χ0v) is 13.5. The maximum Gasteiger partial charge on any atom is 0.273 e. The van der Waals surface area contributed by atoms with Gasteiger partial charge in [0.15, 0.2) is 11.5 Å². The molecule has 2 heterocycles. The Labute approximate surface area is 144 Å². The number of hydrogen-bond donors (Lipinski definition) is 2. The maximum atomic E-state index is 12.1. The molecule has 0 radical (unpaired) electrons. The molecule has 0 aliphatic carbocycles. The molecule has 1 aromatic carbocycles. The van der Waals surface area contributed by atoms with Crippen LogP contribution in [0.5, 0.6) is 0 Å². The van der Waals surface area contributed by atoms with Crippen LogP contribution in [-0.4, -0.2) is 28.5 Å². The lowest BCUT2D eigenvalue weighted by Crippen LogP contribution is -2.33. The van der Waals surface area contributed by atoms with Gasteiger partial charge in [-0.25, -0.2) is 4.98 Å². The lowest BCUT2D eigenvalue weighted by atomic mass is 10.1. The van der Waals surface area contributed by atoms with Crippen LogP contribution in [0.3, 0.4) is 0 Å². The van der Waals surface area contributed by atoms with Crippen molar-refractivity contribution in [2.24, 2.45) is 0 Å². The fourth-order valence-electron chi connectivity index (χ4n) is 2.17. The highest BCUT2D eigenvalue weighted by molar-refractivity contribution is 5.98. The van der Waals surface area contributed by atoms with Crippen molar-refractivity contribution in [1.82, 2.24) is 15.5 Å². The SMILES string of the molecule is Cc1cccc(NC(=O)CNC(=O)c2cc(-c3ccccc3)on2)n1. The molecule has 0 saturated heterocycles. The van der Waals surface area contributed by atoms with Gasteiger partial charge in [-0.15, -0.1) is 0 Å². The van der Waals surface area contributed by atoms with Gasteiger partial charge in [0.25, 0.3) is 5.91 Å². The molecule has 3 rings (SSSR count). The van der Waals surface area contributed by atoms with Crippen molar-refractivity contribution >= 4 is 17.6 Å². The summed E-state index contributed by atoms with van der Waals surface area (Å²) in [6.07, 6.45) is 0. The van der Waals surface area contributed by atoms with Gasteiger partial charge in [-0.05, 0) is 19.1 Å². The van der Waals surface area contributed by atoms with E-state index in [-0.39, 0.29) is 18.1 Å². The van der Waals surface area contributed by atoms with Crippen molar-refractivity contribution in [2.75, 3.05) is 11.9 Å². The third kappa shape index (κ3) is 4.29. The zero-order valence-electron chi connectivity index (χ0n) is 13.5. The van der Waals surface area contributed by atoms with Crippen LogP contribution in [-0.2, 0) is 4.79 Å². The van der Waals surface area contributed by atoms with Crippen LogP contribution in [0, 0.1) is 6.92 Å². The van der Waals surface area contributed by atoms with E-state index in [9.17, 15) is 9.59 Å². The summed E-state index contributed by atoms with van der Waals surface area (Å²) in [6, 6.07) is 16.1. The van der Waals surface area contributed by atoms with Gasteiger partial charge in [0.05, 0.1) is 6.54 Å². The molecule has 2 aromatic heterocycles. The van der Waals surface area contributed by atoms with Crippen LogP contribution in [0.15, 0.2) is 59.1 Å². The number of aromatic nitrogens is 2. The van der Waals surface area contributed by atoms with Crippen molar-refractivity contribution in [1.29, 1.82) is 0 Å². The predicted octanol–water partition coefficient (Wildman–Crippen LogP) is 2.41. The number of anilines is 1. The molecule has 0 spiro atoms. The quantitative estimate of drug-likeness (QED) is 0.746. The summed E-state index contributed by atoms with van der Waals surface area (Å²) in [5.74, 6) is 0.0581. The monoisotopic (exact) mass is 336 g/mol. The Hall–Kier alpha value is -3.48. The Kier molecular flexibility index (Phi) is 4.84. The Morgan fingerprint density at radius 1 is 1.08 bits per heavy atom. The molecule has 7 nitrogen and oxygen atoms in total. The van der Waals surface area contributed by atoms with E-state index in [2.05, 4.69) is 20.8 Å². The second-order valence-corrected chi connectivity index (χ2v) is 5.34. The van der Waals surface area contributed by atoms with Crippen molar-refractivity contribution in [2.45, 2.75) is 6.92 Å². The van der Waals surface area contributed by atoms with Crippen molar-refractivity contribution in [3.63, 3.8) is 0 Å². The summed E-state index contributed by atoms with van der Waals surface area (Å²) in [5, 5.41) is 8.84. The Bertz CT molecular complexity index is 890. The minimum absolute atomic E-state index is 0.111. The third-order valence-corrected chi connectivity index (χ3v) is 3.37. The standard InChI is InChI=1S/C18H16N4O3/c1-12-6-5-9-16(20-12)21-17(23)11-19-18(24)14-10-15(25-22-14)13-7-3-2-4-8-13/h2-10H,11H2,1H3,(H,19,24)(H,20,21,23). The molecule has 0 aliphatic rings. The molecular formula is C18H16N4O3. The van der Waals surface area contributed by atoms with Gasteiger partial charge in [0.1, 0.15) is 5.82 Å². The van der Waals surface area contributed by atoms with Crippen molar-refractivity contribution in [3.8, 4) is 11.3 Å². The summed E-state index contributed by atoms with van der Waals surface area (Å²) in [5.41, 5.74) is 1.72. The number of pyridine rings is 1. The zero-order chi connectivity index (χ0) is 17.6. The Balaban J connectivity index is 1.56. The van der Waals surface area contributed by atoms with Gasteiger partial charge in [0.2, 0.25) is 5.91 Å². The van der Waals surface area contributed by atoms with Gasteiger partial charge in [-0.1, -0.05) is 41.6 Å². The van der Waals surface area contributed by atoms with E-state index < -0.39 is 5.91 Å². The maximum absolute atomic E-state index is 12.1. The first-order valence-electron chi connectivity index (χ1n) is 7.65. The molecule has 0 saturated carbocycles. The summed E-state index contributed by atoms with van der Waals surface area (Å²) < 4.78 is 5.17. The molecule has 3 aromatic rings. The highest BCUT2D eigenvalue weighted by Crippen LogP contribution is 2.19. The van der Waals surface area contributed by atoms with Gasteiger partial charge in [-0.3, -0.25) is 9.59 Å². The van der Waals surface area contributed by atoms with Gasteiger partial charge < -0.3 is 15.2 Å². The van der Waals surface area contributed by atoms with E-state index >= 15 is 0 Å². The number of hydrogen-bond acceptors (Lipinski definition) is 5. The molecule has 2 amide bonds. The lowest BCUT2D eigenvalue weighted by molar-refractivity contribution is -0.115. The second-order valence-electron chi connectivity index (χ2n) is 5.34. The molecule has 0 fully saturated rings. The first kappa shape index (κ1) is 16.4. The van der Waals surface area contributed by atoms with E-state index in [1.165, 1.54) is 6.07 Å². The van der Waals surface area contributed by atoms with Crippen molar-refractivity contribution in [3.05, 3.63) is 66.0 Å². The van der Waals surface area contributed by atoms with Crippen LogP contribution >= 0.6 is 0 Å². The first-order chi connectivity index (χ1) is 12.1. The number of rotatable bonds is 5.